The summed E-state index contributed by atoms with van der Waals surface area (Å²) >= 11 is 0. The molecule has 114 valence electrons. The van der Waals surface area contributed by atoms with Crippen LogP contribution >= 0.6 is 12.4 Å². The molecule has 1 unspecified atom stereocenters. The van der Waals surface area contributed by atoms with Gasteiger partial charge >= 0.3 is 0 Å². The largest absolute Gasteiger partial charge is 0.324 e. The van der Waals surface area contributed by atoms with Crippen LogP contribution in [0.25, 0.3) is 5.69 Å². The Morgan fingerprint density at radius 1 is 1.48 bits per heavy atom. The number of amides is 1. The average Bonchev–Trinajstić information content (AvgIpc) is 2.93. The molecule has 0 aliphatic carbocycles. The number of nitrogens with one attached hydrogen (secondary N) is 1. The topological polar surface area (TPSA) is 85.8 Å². The standard InChI is InChI=1S/C14H19N5O.ClH/c1-3-7-14(2,15)13(20)17-11-5-4-6-12(10-11)19-9-8-16-18-19;/h4-6,8-10H,3,7,15H2,1-2H3,(H,17,20);1H. The van der Waals surface area contributed by atoms with Gasteiger partial charge in [-0.2, -0.15) is 0 Å². The molecule has 0 saturated carbocycles. The third-order valence-corrected chi connectivity index (χ3v) is 3.08. The van der Waals surface area contributed by atoms with E-state index < -0.39 is 5.54 Å². The quantitative estimate of drug-likeness (QED) is 0.886. The van der Waals surface area contributed by atoms with Gasteiger partial charge in [0.15, 0.2) is 0 Å². The van der Waals surface area contributed by atoms with E-state index >= 15 is 0 Å². The zero-order valence-electron chi connectivity index (χ0n) is 12.1. The normalized spacial score (nSPS) is 13.1. The molecule has 2 aromatic rings. The number of halogens is 1. The molecule has 0 aliphatic rings. The summed E-state index contributed by atoms with van der Waals surface area (Å²) in [5, 5.41) is 10.5. The van der Waals surface area contributed by atoms with Gasteiger partial charge in [0.2, 0.25) is 5.91 Å². The van der Waals surface area contributed by atoms with Crippen LogP contribution < -0.4 is 11.1 Å². The van der Waals surface area contributed by atoms with E-state index in [4.69, 9.17) is 5.73 Å². The number of hydrogen-bond acceptors (Lipinski definition) is 4. The van der Waals surface area contributed by atoms with Gasteiger partial charge in [-0.15, -0.1) is 17.5 Å². The Labute approximate surface area is 130 Å². The summed E-state index contributed by atoms with van der Waals surface area (Å²) in [6, 6.07) is 7.38. The zero-order chi connectivity index (χ0) is 14.6. The molecule has 0 saturated heterocycles. The van der Waals surface area contributed by atoms with Crippen molar-refractivity contribution < 1.29 is 4.79 Å². The second-order valence-corrected chi connectivity index (χ2v) is 5.02. The molecule has 6 nitrogen and oxygen atoms in total. The van der Waals surface area contributed by atoms with E-state index in [1.165, 1.54) is 0 Å². The van der Waals surface area contributed by atoms with E-state index in [0.29, 0.717) is 12.1 Å². The zero-order valence-corrected chi connectivity index (χ0v) is 12.9. The number of rotatable bonds is 5. The Kier molecular flexibility index (Phi) is 5.87. The number of anilines is 1. The third-order valence-electron chi connectivity index (χ3n) is 3.08. The summed E-state index contributed by atoms with van der Waals surface area (Å²) in [6.45, 7) is 3.75. The molecular weight excluding hydrogens is 290 g/mol. The maximum absolute atomic E-state index is 12.2. The molecule has 1 amide bonds. The van der Waals surface area contributed by atoms with Crippen LogP contribution in [0.4, 0.5) is 5.69 Å². The summed E-state index contributed by atoms with van der Waals surface area (Å²) in [5.41, 5.74) is 6.67. The van der Waals surface area contributed by atoms with E-state index in [0.717, 1.165) is 12.1 Å². The smallest absolute Gasteiger partial charge is 0.244 e. The third kappa shape index (κ3) is 4.27. The highest BCUT2D eigenvalue weighted by atomic mass is 35.5. The predicted molar refractivity (Wildman–Crippen MR) is 84.7 cm³/mol. The van der Waals surface area contributed by atoms with Gasteiger partial charge < -0.3 is 11.1 Å². The number of nitrogens with two attached hydrogens (primary N) is 1. The van der Waals surface area contributed by atoms with Crippen LogP contribution in [0.2, 0.25) is 0 Å². The Morgan fingerprint density at radius 3 is 2.86 bits per heavy atom. The number of carbonyl (C=O) groups excluding carboxylic acids is 1. The summed E-state index contributed by atoms with van der Waals surface area (Å²) < 4.78 is 1.63. The second-order valence-electron chi connectivity index (χ2n) is 5.02. The molecule has 0 fully saturated rings. The minimum absolute atomic E-state index is 0. The highest BCUT2D eigenvalue weighted by Gasteiger charge is 2.27. The molecule has 0 radical (unpaired) electrons. The summed E-state index contributed by atoms with van der Waals surface area (Å²) in [6.07, 6.45) is 4.84. The Balaban J connectivity index is 0.00000220. The van der Waals surface area contributed by atoms with Crippen molar-refractivity contribution in [2.75, 3.05) is 5.32 Å². The summed E-state index contributed by atoms with van der Waals surface area (Å²) in [5.74, 6) is -0.185. The van der Waals surface area contributed by atoms with Crippen molar-refractivity contribution in [3.63, 3.8) is 0 Å². The van der Waals surface area contributed by atoms with Gasteiger partial charge in [-0.25, -0.2) is 4.68 Å². The van der Waals surface area contributed by atoms with Crippen molar-refractivity contribution in [3.8, 4) is 5.69 Å². The Hall–Kier alpha value is -1.92. The fraction of sp³-hybridized carbons (Fsp3) is 0.357. The first kappa shape index (κ1) is 17.1. The molecule has 0 spiro atoms. The van der Waals surface area contributed by atoms with Crippen LogP contribution in [0.1, 0.15) is 26.7 Å². The van der Waals surface area contributed by atoms with E-state index in [1.54, 1.807) is 24.0 Å². The van der Waals surface area contributed by atoms with E-state index in [1.807, 2.05) is 31.2 Å². The van der Waals surface area contributed by atoms with Gasteiger partial charge in [0.25, 0.3) is 0 Å². The number of benzene rings is 1. The molecule has 1 heterocycles. The molecule has 2 rings (SSSR count). The molecule has 0 aliphatic heterocycles. The average molecular weight is 310 g/mol. The molecule has 21 heavy (non-hydrogen) atoms. The number of carbonyl (C=O) groups is 1. The Bertz CT molecular complexity index is 583. The number of aromatic nitrogens is 3. The maximum Gasteiger partial charge on any atom is 0.244 e. The van der Waals surface area contributed by atoms with Crippen LogP contribution in [0.15, 0.2) is 36.7 Å². The van der Waals surface area contributed by atoms with Crippen molar-refractivity contribution in [3.05, 3.63) is 36.7 Å². The van der Waals surface area contributed by atoms with E-state index in [9.17, 15) is 4.79 Å². The lowest BCUT2D eigenvalue weighted by Gasteiger charge is -2.22. The van der Waals surface area contributed by atoms with Crippen LogP contribution in [0, 0.1) is 0 Å². The van der Waals surface area contributed by atoms with E-state index in [-0.39, 0.29) is 18.3 Å². The summed E-state index contributed by atoms with van der Waals surface area (Å²) in [4.78, 5) is 12.2. The molecule has 1 atom stereocenters. The first-order chi connectivity index (χ1) is 9.53. The van der Waals surface area contributed by atoms with Crippen LogP contribution in [0.3, 0.4) is 0 Å². The van der Waals surface area contributed by atoms with Crippen molar-refractivity contribution in [2.24, 2.45) is 5.73 Å². The van der Waals surface area contributed by atoms with E-state index in [2.05, 4.69) is 15.6 Å². The van der Waals surface area contributed by atoms with Crippen molar-refractivity contribution in [2.45, 2.75) is 32.2 Å². The summed E-state index contributed by atoms with van der Waals surface area (Å²) in [7, 11) is 0. The highest BCUT2D eigenvalue weighted by Crippen LogP contribution is 2.16. The first-order valence-corrected chi connectivity index (χ1v) is 6.60. The Morgan fingerprint density at radius 2 is 2.24 bits per heavy atom. The van der Waals surface area contributed by atoms with Gasteiger partial charge in [0.1, 0.15) is 0 Å². The van der Waals surface area contributed by atoms with Crippen molar-refractivity contribution in [1.82, 2.24) is 15.0 Å². The molecule has 1 aromatic heterocycles. The minimum Gasteiger partial charge on any atom is -0.324 e. The molecular formula is C14H20ClN5O. The van der Waals surface area contributed by atoms with Crippen LogP contribution in [0.5, 0.6) is 0 Å². The van der Waals surface area contributed by atoms with Crippen molar-refractivity contribution in [1.29, 1.82) is 0 Å². The fourth-order valence-electron chi connectivity index (χ4n) is 1.98. The van der Waals surface area contributed by atoms with Gasteiger partial charge in [-0.05, 0) is 31.5 Å². The lowest BCUT2D eigenvalue weighted by Crippen LogP contribution is -2.48. The van der Waals surface area contributed by atoms with Gasteiger partial charge in [-0.3, -0.25) is 4.79 Å². The molecule has 3 N–H and O–H groups in total. The minimum atomic E-state index is -0.863. The lowest BCUT2D eigenvalue weighted by atomic mass is 9.96. The van der Waals surface area contributed by atoms with Gasteiger partial charge in [-0.1, -0.05) is 24.6 Å². The van der Waals surface area contributed by atoms with Gasteiger partial charge in [0.05, 0.1) is 23.6 Å². The van der Waals surface area contributed by atoms with Crippen LogP contribution in [-0.2, 0) is 4.79 Å². The SMILES string of the molecule is CCCC(C)(N)C(=O)Nc1cccc(-n2ccnn2)c1.Cl. The predicted octanol–water partition coefficient (Wildman–Crippen LogP) is 2.15. The lowest BCUT2D eigenvalue weighted by molar-refractivity contribution is -0.120. The van der Waals surface area contributed by atoms with Gasteiger partial charge in [0, 0.05) is 5.69 Å². The maximum atomic E-state index is 12.2. The monoisotopic (exact) mass is 309 g/mol. The molecule has 0 bridgehead atoms. The number of nitrogens with zero attached hydrogens (tertiary/aromatic N) is 3. The molecule has 1 aromatic carbocycles. The van der Waals surface area contributed by atoms with Crippen LogP contribution in [-0.4, -0.2) is 26.4 Å². The second kappa shape index (κ2) is 7.19. The van der Waals surface area contributed by atoms with Crippen molar-refractivity contribution >= 4 is 24.0 Å². The fourth-order valence-corrected chi connectivity index (χ4v) is 1.98. The number of hydrogen-bond donors (Lipinski definition) is 2. The first-order valence-electron chi connectivity index (χ1n) is 6.60. The highest BCUT2D eigenvalue weighted by molar-refractivity contribution is 5.97. The molecule has 7 heteroatoms.